The fourth-order valence-electron chi connectivity index (χ4n) is 7.78. The molecular formula is C33H50N4O2. The van der Waals surface area contributed by atoms with Crippen molar-refractivity contribution in [2.24, 2.45) is 28.5 Å². The standard InChI is InChI=1S/C33H50N4O2/c1-2-9-29-20-30(38)36(23-29)22-27-14-16-28(17-15-27)24-37-31(39)33(35-32(37)34,21-26-12-7-4-8-13-26)19-18-25-10-5-3-6-11-25/h14-17,25-26,29H,2-13,18-24H2,1H3,(H2,34,35)/t29-,33?/m1/s1. The minimum Gasteiger partial charge on any atom is -0.369 e. The van der Waals surface area contributed by atoms with Gasteiger partial charge < -0.3 is 10.6 Å². The van der Waals surface area contributed by atoms with Crippen LogP contribution < -0.4 is 5.73 Å². The number of amides is 2. The van der Waals surface area contributed by atoms with Gasteiger partial charge in [0.25, 0.3) is 5.91 Å². The van der Waals surface area contributed by atoms with Crippen LogP contribution in [0.3, 0.4) is 0 Å². The number of likely N-dealkylation sites (tertiary alicyclic amines) is 1. The summed E-state index contributed by atoms with van der Waals surface area (Å²) in [6, 6.07) is 8.37. The molecule has 2 aliphatic heterocycles. The van der Waals surface area contributed by atoms with Gasteiger partial charge in [0.2, 0.25) is 5.91 Å². The summed E-state index contributed by atoms with van der Waals surface area (Å²) < 4.78 is 0. The highest BCUT2D eigenvalue weighted by atomic mass is 16.2. The van der Waals surface area contributed by atoms with Crippen LogP contribution in [0.1, 0.15) is 121 Å². The van der Waals surface area contributed by atoms with Crippen LogP contribution in [-0.2, 0) is 22.7 Å². The Balaban J connectivity index is 1.23. The zero-order chi connectivity index (χ0) is 27.2. The molecule has 1 unspecified atom stereocenters. The highest BCUT2D eigenvalue weighted by Gasteiger charge is 2.48. The Morgan fingerprint density at radius 2 is 1.46 bits per heavy atom. The maximum Gasteiger partial charge on any atom is 0.257 e. The summed E-state index contributed by atoms with van der Waals surface area (Å²) in [5, 5.41) is 0. The molecule has 39 heavy (non-hydrogen) atoms. The van der Waals surface area contributed by atoms with Gasteiger partial charge in [-0.1, -0.05) is 102 Å². The molecule has 0 aromatic heterocycles. The molecule has 0 spiro atoms. The van der Waals surface area contributed by atoms with Crippen molar-refractivity contribution >= 4 is 17.8 Å². The van der Waals surface area contributed by atoms with Gasteiger partial charge in [-0.3, -0.25) is 14.5 Å². The van der Waals surface area contributed by atoms with E-state index in [-0.39, 0.29) is 11.8 Å². The summed E-state index contributed by atoms with van der Waals surface area (Å²) in [5.41, 5.74) is 8.03. The third kappa shape index (κ3) is 6.86. The second-order valence-corrected chi connectivity index (χ2v) is 13.1. The summed E-state index contributed by atoms with van der Waals surface area (Å²) >= 11 is 0. The summed E-state index contributed by atoms with van der Waals surface area (Å²) in [6.07, 6.45) is 18.6. The molecule has 0 radical (unpaired) electrons. The smallest absolute Gasteiger partial charge is 0.257 e. The molecule has 2 atom stereocenters. The molecule has 1 aromatic carbocycles. The van der Waals surface area contributed by atoms with E-state index in [0.29, 0.717) is 37.3 Å². The van der Waals surface area contributed by atoms with Crippen LogP contribution in [0.5, 0.6) is 0 Å². The van der Waals surface area contributed by atoms with Gasteiger partial charge in [-0.2, -0.15) is 0 Å². The first-order valence-electron chi connectivity index (χ1n) is 16.0. The lowest BCUT2D eigenvalue weighted by Gasteiger charge is -2.33. The maximum absolute atomic E-state index is 14.1. The van der Waals surface area contributed by atoms with Crippen LogP contribution in [0.4, 0.5) is 0 Å². The van der Waals surface area contributed by atoms with Crippen molar-refractivity contribution in [2.75, 3.05) is 6.54 Å². The Hall–Kier alpha value is -2.37. The highest BCUT2D eigenvalue weighted by Crippen LogP contribution is 2.41. The van der Waals surface area contributed by atoms with E-state index in [1.54, 1.807) is 4.90 Å². The Kier molecular flexibility index (Phi) is 9.29. The lowest BCUT2D eigenvalue weighted by molar-refractivity contribution is -0.133. The summed E-state index contributed by atoms with van der Waals surface area (Å²) in [4.78, 5) is 35.3. The quantitative estimate of drug-likeness (QED) is 0.349. The molecule has 6 nitrogen and oxygen atoms in total. The number of carbonyl (C=O) groups is 2. The fraction of sp³-hybridized carbons (Fsp3) is 0.727. The van der Waals surface area contributed by atoms with Crippen molar-refractivity contribution in [1.29, 1.82) is 0 Å². The fourth-order valence-corrected chi connectivity index (χ4v) is 7.78. The van der Waals surface area contributed by atoms with Crippen LogP contribution >= 0.6 is 0 Å². The monoisotopic (exact) mass is 534 g/mol. The van der Waals surface area contributed by atoms with Crippen molar-refractivity contribution in [1.82, 2.24) is 9.80 Å². The zero-order valence-electron chi connectivity index (χ0n) is 24.2. The van der Waals surface area contributed by atoms with Gasteiger partial charge >= 0.3 is 0 Å². The molecule has 2 heterocycles. The topological polar surface area (TPSA) is 79.0 Å². The molecule has 0 bridgehead atoms. The molecule has 2 amide bonds. The maximum atomic E-state index is 14.1. The van der Waals surface area contributed by atoms with E-state index >= 15 is 0 Å². The number of nitrogens with two attached hydrogens (primary N) is 1. The number of guanidine groups is 1. The molecule has 2 aliphatic carbocycles. The lowest BCUT2D eigenvalue weighted by atomic mass is 9.75. The van der Waals surface area contributed by atoms with E-state index in [1.165, 1.54) is 64.2 Å². The number of benzene rings is 1. The molecule has 1 aromatic rings. The number of hydrogen-bond donors (Lipinski definition) is 1. The van der Waals surface area contributed by atoms with Crippen LogP contribution in [0.25, 0.3) is 0 Å². The first kappa shape index (κ1) is 28.2. The van der Waals surface area contributed by atoms with Crippen LogP contribution in [0.2, 0.25) is 0 Å². The van der Waals surface area contributed by atoms with Crippen LogP contribution in [0, 0.1) is 17.8 Å². The first-order chi connectivity index (χ1) is 19.0. The van der Waals surface area contributed by atoms with E-state index in [4.69, 9.17) is 10.7 Å². The predicted octanol–water partition coefficient (Wildman–Crippen LogP) is 6.56. The summed E-state index contributed by atoms with van der Waals surface area (Å²) in [7, 11) is 0. The van der Waals surface area contributed by atoms with Gasteiger partial charge in [-0.25, -0.2) is 4.99 Å². The average Bonchev–Trinajstić information content (AvgIpc) is 3.40. The molecule has 4 aliphatic rings. The Morgan fingerprint density at radius 1 is 0.846 bits per heavy atom. The largest absolute Gasteiger partial charge is 0.369 e. The van der Waals surface area contributed by atoms with Crippen LogP contribution in [-0.4, -0.2) is 39.7 Å². The summed E-state index contributed by atoms with van der Waals surface area (Å²) in [6.45, 7) is 4.18. The highest BCUT2D eigenvalue weighted by molar-refractivity contribution is 6.06. The SMILES string of the molecule is CCC[C@@H]1CC(=O)N(Cc2ccc(CN3C(=O)C(CCC4CCCCC4)(CC4CCCCC4)N=C3N)cc2)C1. The van der Waals surface area contributed by atoms with Gasteiger partial charge in [0.15, 0.2) is 5.96 Å². The molecule has 3 fully saturated rings. The zero-order valence-corrected chi connectivity index (χ0v) is 24.2. The van der Waals surface area contributed by atoms with Crippen molar-refractivity contribution in [3.05, 3.63) is 35.4 Å². The van der Waals surface area contributed by atoms with Crippen molar-refractivity contribution < 1.29 is 9.59 Å². The van der Waals surface area contributed by atoms with Crippen molar-refractivity contribution in [2.45, 2.75) is 128 Å². The van der Waals surface area contributed by atoms with E-state index in [2.05, 4.69) is 31.2 Å². The minimum atomic E-state index is -0.672. The third-order valence-corrected chi connectivity index (χ3v) is 10.0. The summed E-state index contributed by atoms with van der Waals surface area (Å²) in [5.74, 6) is 2.59. The van der Waals surface area contributed by atoms with Gasteiger partial charge in [0.05, 0.1) is 6.54 Å². The number of nitrogens with zero attached hydrogens (tertiary/aromatic N) is 3. The second kappa shape index (κ2) is 12.9. The van der Waals surface area contributed by atoms with E-state index in [0.717, 1.165) is 55.7 Å². The van der Waals surface area contributed by atoms with Crippen molar-refractivity contribution in [3.8, 4) is 0 Å². The Labute approximate surface area is 235 Å². The normalized spacial score (nSPS) is 27.0. The lowest BCUT2D eigenvalue weighted by Crippen LogP contribution is -2.45. The van der Waals surface area contributed by atoms with Gasteiger partial charge in [-0.15, -0.1) is 0 Å². The molecular weight excluding hydrogens is 484 g/mol. The average molecular weight is 535 g/mol. The van der Waals surface area contributed by atoms with Gasteiger partial charge in [-0.05, 0) is 54.6 Å². The molecule has 1 saturated heterocycles. The minimum absolute atomic E-state index is 0.120. The van der Waals surface area contributed by atoms with E-state index in [9.17, 15) is 9.59 Å². The number of rotatable bonds is 11. The first-order valence-corrected chi connectivity index (χ1v) is 16.0. The molecule has 214 valence electrons. The molecule has 2 saturated carbocycles. The van der Waals surface area contributed by atoms with Crippen molar-refractivity contribution in [3.63, 3.8) is 0 Å². The van der Waals surface area contributed by atoms with E-state index < -0.39 is 5.54 Å². The van der Waals surface area contributed by atoms with Gasteiger partial charge in [0, 0.05) is 19.5 Å². The predicted molar refractivity (Wildman–Crippen MR) is 157 cm³/mol. The second-order valence-electron chi connectivity index (χ2n) is 13.1. The Morgan fingerprint density at radius 3 is 2.10 bits per heavy atom. The number of hydrogen-bond acceptors (Lipinski definition) is 4. The number of aliphatic imine (C=N–C) groups is 1. The molecule has 5 rings (SSSR count). The van der Waals surface area contributed by atoms with Crippen LogP contribution in [0.15, 0.2) is 29.3 Å². The third-order valence-electron chi connectivity index (χ3n) is 10.0. The number of carbonyl (C=O) groups excluding carboxylic acids is 2. The Bertz CT molecular complexity index is 1010. The van der Waals surface area contributed by atoms with E-state index in [1.807, 2.05) is 4.90 Å². The molecule has 6 heteroatoms. The van der Waals surface area contributed by atoms with Gasteiger partial charge in [0.1, 0.15) is 5.54 Å². The molecule has 2 N–H and O–H groups in total.